The molecule has 3 nitrogen and oxygen atoms in total. The molecule has 1 aromatic rings. The lowest BCUT2D eigenvalue weighted by Crippen LogP contribution is -2.42. The van der Waals surface area contributed by atoms with Gasteiger partial charge in [0.2, 0.25) is 0 Å². The normalized spacial score (nSPS) is 13.7. The highest BCUT2D eigenvalue weighted by molar-refractivity contribution is 6.31. The van der Waals surface area contributed by atoms with Crippen LogP contribution in [-0.2, 0) is 11.2 Å². The van der Waals surface area contributed by atoms with E-state index in [2.05, 4.69) is 10.2 Å². The molecule has 0 heterocycles. The third-order valence-electron chi connectivity index (χ3n) is 2.68. The third-order valence-corrected chi connectivity index (χ3v) is 3.03. The fraction of sp³-hybridized carbons (Fsp3) is 0.500. The Morgan fingerprint density at radius 1 is 1.33 bits per heavy atom. The van der Waals surface area contributed by atoms with E-state index in [-0.39, 0.29) is 17.0 Å². The Bertz CT molecular complexity index is 441. The number of benzene rings is 1. The van der Waals surface area contributed by atoms with Gasteiger partial charge >= 0.3 is 12.3 Å². The highest BCUT2D eigenvalue weighted by atomic mass is 35.5. The van der Waals surface area contributed by atoms with Gasteiger partial charge in [-0.1, -0.05) is 17.7 Å². The highest BCUT2D eigenvalue weighted by Crippen LogP contribution is 2.23. The number of nitrogens with two attached hydrogens (primary N) is 1. The number of ether oxygens (including phenoxy) is 1. The summed E-state index contributed by atoms with van der Waals surface area (Å²) in [5.74, 6) is 0.375. The maximum atomic E-state index is 13.6. The van der Waals surface area contributed by atoms with Crippen LogP contribution >= 0.6 is 11.6 Å². The second kappa shape index (κ2) is 7.88. The quantitative estimate of drug-likeness (QED) is 0.437. The Morgan fingerprint density at radius 2 is 2.00 bits per heavy atom. The van der Waals surface area contributed by atoms with Gasteiger partial charge in [-0.3, -0.25) is 11.3 Å². The maximum Gasteiger partial charge on any atom is 0.330 e. The van der Waals surface area contributed by atoms with Gasteiger partial charge in [0, 0.05) is 16.6 Å². The van der Waals surface area contributed by atoms with Gasteiger partial charge in [-0.2, -0.15) is 8.78 Å². The average molecular weight is 333 g/mol. The molecule has 0 aromatic heterocycles. The lowest BCUT2D eigenvalue weighted by atomic mass is 10.1. The predicted octanol–water partition coefficient (Wildman–Crippen LogP) is 2.77. The molecule has 0 saturated heterocycles. The summed E-state index contributed by atoms with van der Waals surface area (Å²) in [6.45, 7) is -1.85. The molecule has 0 aliphatic rings. The minimum absolute atomic E-state index is 0.0394. The van der Waals surface area contributed by atoms with Crippen molar-refractivity contribution in [3.8, 4) is 0 Å². The molecule has 120 valence electrons. The Kier molecular flexibility index (Phi) is 6.79. The summed E-state index contributed by atoms with van der Waals surface area (Å²) >= 11 is 5.81. The van der Waals surface area contributed by atoms with Crippen molar-refractivity contribution in [1.82, 2.24) is 5.43 Å². The van der Waals surface area contributed by atoms with Gasteiger partial charge in [0.25, 0.3) is 0 Å². The van der Waals surface area contributed by atoms with E-state index in [1.54, 1.807) is 0 Å². The van der Waals surface area contributed by atoms with Crippen molar-refractivity contribution in [1.29, 1.82) is 0 Å². The topological polar surface area (TPSA) is 47.3 Å². The summed E-state index contributed by atoms with van der Waals surface area (Å²) in [7, 11) is 0. The third kappa shape index (κ3) is 5.39. The molecule has 0 amide bonds. The Morgan fingerprint density at radius 3 is 2.52 bits per heavy atom. The smallest absolute Gasteiger partial charge is 0.330 e. The van der Waals surface area contributed by atoms with E-state index in [9.17, 15) is 22.0 Å². The van der Waals surface area contributed by atoms with Crippen LogP contribution < -0.4 is 11.3 Å². The first kappa shape index (κ1) is 18.1. The first-order valence-electron chi connectivity index (χ1n) is 5.90. The molecular weight excluding hydrogens is 319 g/mol. The zero-order valence-corrected chi connectivity index (χ0v) is 11.5. The highest BCUT2D eigenvalue weighted by Gasteiger charge is 2.41. The summed E-state index contributed by atoms with van der Waals surface area (Å²) in [6, 6.07) is 3.29. The summed E-state index contributed by atoms with van der Waals surface area (Å²) in [5, 5.41) is 0.146. The number of hydrogen-bond donors (Lipinski definition) is 2. The SMILES string of the molecule is NNC(COCC(F)(F)C(F)F)Cc1c(F)cccc1Cl. The van der Waals surface area contributed by atoms with Crippen molar-refractivity contribution in [2.24, 2.45) is 5.84 Å². The zero-order chi connectivity index (χ0) is 16.0. The van der Waals surface area contributed by atoms with Gasteiger partial charge < -0.3 is 4.74 Å². The molecule has 21 heavy (non-hydrogen) atoms. The molecule has 3 N–H and O–H groups in total. The fourth-order valence-corrected chi connectivity index (χ4v) is 1.78. The van der Waals surface area contributed by atoms with Crippen molar-refractivity contribution in [2.75, 3.05) is 13.2 Å². The van der Waals surface area contributed by atoms with Gasteiger partial charge in [0.1, 0.15) is 12.4 Å². The van der Waals surface area contributed by atoms with E-state index < -0.39 is 37.4 Å². The van der Waals surface area contributed by atoms with Gasteiger partial charge in [-0.15, -0.1) is 0 Å². The molecule has 0 aliphatic carbocycles. The number of halogens is 6. The largest absolute Gasteiger partial charge is 0.373 e. The molecular formula is C12H14ClF5N2O. The van der Waals surface area contributed by atoms with E-state index in [4.69, 9.17) is 17.4 Å². The van der Waals surface area contributed by atoms with E-state index >= 15 is 0 Å². The van der Waals surface area contributed by atoms with Crippen LogP contribution in [-0.4, -0.2) is 31.6 Å². The Hall–Kier alpha value is -0.960. The first-order valence-corrected chi connectivity index (χ1v) is 6.28. The second-order valence-corrected chi connectivity index (χ2v) is 4.75. The molecule has 1 unspecified atom stereocenters. The Balaban J connectivity index is 2.57. The molecule has 0 bridgehead atoms. The Labute approximate surface area is 123 Å². The van der Waals surface area contributed by atoms with Crippen molar-refractivity contribution in [3.63, 3.8) is 0 Å². The predicted molar refractivity (Wildman–Crippen MR) is 68.0 cm³/mol. The first-order chi connectivity index (χ1) is 9.77. The van der Waals surface area contributed by atoms with Crippen LogP contribution in [0, 0.1) is 5.82 Å². The van der Waals surface area contributed by atoms with Crippen molar-refractivity contribution < 1.29 is 26.7 Å². The van der Waals surface area contributed by atoms with Crippen LogP contribution in [0.2, 0.25) is 5.02 Å². The summed E-state index contributed by atoms with van der Waals surface area (Å²) < 4.78 is 67.2. The molecule has 9 heteroatoms. The van der Waals surface area contributed by atoms with Crippen LogP contribution in [0.25, 0.3) is 0 Å². The fourth-order valence-electron chi connectivity index (χ4n) is 1.54. The van der Waals surface area contributed by atoms with Crippen molar-refractivity contribution >= 4 is 11.6 Å². The van der Waals surface area contributed by atoms with Gasteiger partial charge in [-0.05, 0) is 18.6 Å². The van der Waals surface area contributed by atoms with Crippen LogP contribution in [0.15, 0.2) is 18.2 Å². The van der Waals surface area contributed by atoms with Crippen LogP contribution in [0.4, 0.5) is 22.0 Å². The molecule has 0 saturated carbocycles. The average Bonchev–Trinajstić information content (AvgIpc) is 2.40. The van der Waals surface area contributed by atoms with Gasteiger partial charge in [0.05, 0.1) is 6.61 Å². The lowest BCUT2D eigenvalue weighted by Gasteiger charge is -2.20. The number of hydrogen-bond acceptors (Lipinski definition) is 3. The second-order valence-electron chi connectivity index (χ2n) is 4.34. The maximum absolute atomic E-state index is 13.6. The van der Waals surface area contributed by atoms with E-state index in [0.717, 1.165) is 0 Å². The van der Waals surface area contributed by atoms with Gasteiger partial charge in [-0.25, -0.2) is 13.2 Å². The summed E-state index contributed by atoms with van der Waals surface area (Å²) in [5.41, 5.74) is 2.37. The van der Waals surface area contributed by atoms with Crippen LogP contribution in [0.5, 0.6) is 0 Å². The molecule has 0 fully saturated rings. The van der Waals surface area contributed by atoms with Gasteiger partial charge in [0.15, 0.2) is 0 Å². The van der Waals surface area contributed by atoms with E-state index in [1.807, 2.05) is 0 Å². The van der Waals surface area contributed by atoms with Crippen molar-refractivity contribution in [3.05, 3.63) is 34.6 Å². The molecule has 1 aromatic carbocycles. The summed E-state index contributed by atoms with van der Waals surface area (Å²) in [6.07, 6.45) is -3.86. The standard InChI is InChI=1S/C12H14ClF5N2O/c13-9-2-1-3-10(14)8(9)4-7(20-19)5-21-6-12(17,18)11(15)16/h1-3,7,11,20H,4-6,19H2. The molecule has 0 spiro atoms. The number of nitrogens with one attached hydrogen (secondary N) is 1. The van der Waals surface area contributed by atoms with Crippen LogP contribution in [0.1, 0.15) is 5.56 Å². The van der Waals surface area contributed by atoms with Crippen molar-refractivity contribution in [2.45, 2.75) is 24.8 Å². The van der Waals surface area contributed by atoms with E-state index in [1.165, 1.54) is 18.2 Å². The monoisotopic (exact) mass is 332 g/mol. The van der Waals surface area contributed by atoms with Crippen LogP contribution in [0.3, 0.4) is 0 Å². The number of alkyl halides is 4. The number of hydrazine groups is 1. The molecule has 0 aliphatic heterocycles. The zero-order valence-electron chi connectivity index (χ0n) is 10.8. The minimum Gasteiger partial charge on any atom is -0.373 e. The number of rotatable bonds is 8. The molecule has 0 radical (unpaired) electrons. The molecule has 1 rings (SSSR count). The minimum atomic E-state index is -4.24. The lowest BCUT2D eigenvalue weighted by molar-refractivity contribution is -0.167. The molecule has 1 atom stereocenters. The summed E-state index contributed by atoms with van der Waals surface area (Å²) in [4.78, 5) is 0. The van der Waals surface area contributed by atoms with E-state index in [0.29, 0.717) is 0 Å².